The summed E-state index contributed by atoms with van der Waals surface area (Å²) in [7, 11) is 0. The van der Waals surface area contributed by atoms with E-state index in [-0.39, 0.29) is 6.03 Å². The molecule has 3 heterocycles. The number of anilines is 1. The second-order valence-electron chi connectivity index (χ2n) is 6.67. The van der Waals surface area contributed by atoms with Crippen LogP contribution >= 0.6 is 11.6 Å². The van der Waals surface area contributed by atoms with Gasteiger partial charge in [-0.05, 0) is 31.0 Å². The first-order chi connectivity index (χ1) is 12.2. The zero-order chi connectivity index (χ0) is 17.2. The summed E-state index contributed by atoms with van der Waals surface area (Å²) in [5.74, 6) is 0.693. The van der Waals surface area contributed by atoms with E-state index in [1.165, 1.54) is 19.4 Å². The number of benzene rings is 1. The van der Waals surface area contributed by atoms with Crippen LogP contribution in [-0.2, 0) is 6.54 Å². The molecule has 2 amide bonds. The number of aromatic nitrogens is 2. The molecule has 0 spiro atoms. The molecule has 25 heavy (non-hydrogen) atoms. The third-order valence-electron chi connectivity index (χ3n) is 5.10. The van der Waals surface area contributed by atoms with Crippen molar-refractivity contribution in [3.8, 4) is 0 Å². The van der Waals surface area contributed by atoms with Crippen molar-refractivity contribution in [1.82, 2.24) is 19.6 Å². The molecule has 7 heteroatoms. The third-order valence-corrected chi connectivity index (χ3v) is 5.47. The van der Waals surface area contributed by atoms with Crippen molar-refractivity contribution in [2.45, 2.75) is 25.4 Å². The van der Waals surface area contributed by atoms with Crippen LogP contribution in [0.1, 0.15) is 18.4 Å². The first-order valence-corrected chi connectivity index (χ1v) is 9.14. The molecule has 1 atom stereocenters. The van der Waals surface area contributed by atoms with Crippen LogP contribution in [0.5, 0.6) is 0 Å². The Labute approximate surface area is 152 Å². The SMILES string of the molecule is O=C(Nc1ccnn1Cc1ccccc1Cl)N1CCN2CCCC2C1. The first kappa shape index (κ1) is 16.4. The van der Waals surface area contributed by atoms with E-state index in [4.69, 9.17) is 11.6 Å². The Kier molecular flexibility index (Phi) is 4.63. The minimum atomic E-state index is -0.0486. The molecule has 1 aromatic carbocycles. The molecule has 2 aliphatic rings. The largest absolute Gasteiger partial charge is 0.323 e. The first-order valence-electron chi connectivity index (χ1n) is 8.76. The Morgan fingerprint density at radius 1 is 1.24 bits per heavy atom. The van der Waals surface area contributed by atoms with Crippen molar-refractivity contribution >= 4 is 23.4 Å². The molecule has 1 unspecified atom stereocenters. The molecule has 1 N–H and O–H groups in total. The monoisotopic (exact) mass is 359 g/mol. The smallest absolute Gasteiger partial charge is 0.322 e. The van der Waals surface area contributed by atoms with Gasteiger partial charge in [0.15, 0.2) is 0 Å². The van der Waals surface area contributed by atoms with Gasteiger partial charge in [0, 0.05) is 36.8 Å². The molecule has 6 nitrogen and oxygen atoms in total. The molecule has 0 bridgehead atoms. The molecule has 0 radical (unpaired) electrons. The summed E-state index contributed by atoms with van der Waals surface area (Å²) in [6.45, 7) is 4.26. The van der Waals surface area contributed by atoms with Crippen LogP contribution in [0.2, 0.25) is 5.02 Å². The van der Waals surface area contributed by atoms with Crippen molar-refractivity contribution in [3.05, 3.63) is 47.1 Å². The number of hydrogen-bond acceptors (Lipinski definition) is 3. The Balaban J connectivity index is 1.42. The van der Waals surface area contributed by atoms with Gasteiger partial charge in [-0.2, -0.15) is 5.10 Å². The second kappa shape index (κ2) is 7.06. The predicted molar refractivity (Wildman–Crippen MR) is 98.0 cm³/mol. The number of fused-ring (bicyclic) bond motifs is 1. The fraction of sp³-hybridized carbons (Fsp3) is 0.444. The summed E-state index contributed by atoms with van der Waals surface area (Å²) < 4.78 is 1.77. The average molecular weight is 360 g/mol. The Bertz CT molecular complexity index is 761. The van der Waals surface area contributed by atoms with Gasteiger partial charge in [0.2, 0.25) is 0 Å². The van der Waals surface area contributed by atoms with Gasteiger partial charge in [0.05, 0.1) is 12.7 Å². The quantitative estimate of drug-likeness (QED) is 0.916. The molecule has 2 aliphatic heterocycles. The van der Waals surface area contributed by atoms with Crippen LogP contribution in [0.3, 0.4) is 0 Å². The van der Waals surface area contributed by atoms with Crippen molar-refractivity contribution < 1.29 is 4.79 Å². The van der Waals surface area contributed by atoms with Gasteiger partial charge in [0.25, 0.3) is 0 Å². The number of nitrogens with zero attached hydrogens (tertiary/aromatic N) is 4. The van der Waals surface area contributed by atoms with E-state index in [1.54, 1.807) is 10.9 Å². The summed E-state index contributed by atoms with van der Waals surface area (Å²) in [5.41, 5.74) is 0.975. The number of piperazine rings is 1. The van der Waals surface area contributed by atoms with Gasteiger partial charge in [-0.3, -0.25) is 10.2 Å². The lowest BCUT2D eigenvalue weighted by Crippen LogP contribution is -2.53. The summed E-state index contributed by atoms with van der Waals surface area (Å²) in [6, 6.07) is 9.97. The maximum Gasteiger partial charge on any atom is 0.323 e. The van der Waals surface area contributed by atoms with Crippen molar-refractivity contribution in [3.63, 3.8) is 0 Å². The zero-order valence-corrected chi connectivity index (χ0v) is 14.8. The third kappa shape index (κ3) is 3.50. The summed E-state index contributed by atoms with van der Waals surface area (Å²) in [6.07, 6.45) is 4.13. The number of halogens is 1. The van der Waals surface area contributed by atoms with Gasteiger partial charge in [-0.25, -0.2) is 9.48 Å². The van der Waals surface area contributed by atoms with Gasteiger partial charge < -0.3 is 4.90 Å². The number of hydrogen-bond donors (Lipinski definition) is 1. The predicted octanol–water partition coefficient (Wildman–Crippen LogP) is 2.90. The number of rotatable bonds is 3. The lowest BCUT2D eigenvalue weighted by Gasteiger charge is -2.37. The maximum atomic E-state index is 12.7. The van der Waals surface area contributed by atoms with Crippen LogP contribution in [0.25, 0.3) is 0 Å². The van der Waals surface area contributed by atoms with Crippen molar-refractivity contribution in [1.29, 1.82) is 0 Å². The molecule has 132 valence electrons. The Morgan fingerprint density at radius 3 is 3.00 bits per heavy atom. The maximum absolute atomic E-state index is 12.7. The molecule has 0 saturated carbocycles. The average Bonchev–Trinajstić information content (AvgIpc) is 3.25. The van der Waals surface area contributed by atoms with E-state index in [9.17, 15) is 4.79 Å². The van der Waals surface area contributed by atoms with E-state index >= 15 is 0 Å². The van der Waals surface area contributed by atoms with E-state index in [0.717, 1.165) is 25.2 Å². The summed E-state index contributed by atoms with van der Waals surface area (Å²) in [5, 5.41) is 8.03. The highest BCUT2D eigenvalue weighted by molar-refractivity contribution is 6.31. The number of carbonyl (C=O) groups is 1. The topological polar surface area (TPSA) is 53.4 Å². The van der Waals surface area contributed by atoms with Crippen LogP contribution in [0, 0.1) is 0 Å². The highest BCUT2D eigenvalue weighted by atomic mass is 35.5. The Hall–Kier alpha value is -2.05. The van der Waals surface area contributed by atoms with E-state index in [1.807, 2.05) is 35.2 Å². The molecular formula is C18H22ClN5O. The standard InChI is InChI=1S/C18H22ClN5O/c19-16-6-2-1-4-14(16)12-24-17(7-8-20-24)21-18(25)23-11-10-22-9-3-5-15(22)13-23/h1-2,4,6-8,15H,3,5,9-13H2,(H,21,25). The van der Waals surface area contributed by atoms with Gasteiger partial charge in [-0.1, -0.05) is 29.8 Å². The number of amides is 2. The van der Waals surface area contributed by atoms with Crippen LogP contribution in [0.4, 0.5) is 10.6 Å². The van der Waals surface area contributed by atoms with E-state index in [2.05, 4.69) is 15.3 Å². The van der Waals surface area contributed by atoms with Crippen LogP contribution in [0.15, 0.2) is 36.5 Å². The minimum Gasteiger partial charge on any atom is -0.322 e. The van der Waals surface area contributed by atoms with Crippen molar-refractivity contribution in [2.75, 3.05) is 31.5 Å². The van der Waals surface area contributed by atoms with Crippen LogP contribution in [-0.4, -0.2) is 57.8 Å². The summed E-state index contributed by atoms with van der Waals surface area (Å²) in [4.78, 5) is 17.1. The molecule has 2 aromatic rings. The van der Waals surface area contributed by atoms with Gasteiger partial charge in [0.1, 0.15) is 5.82 Å². The minimum absolute atomic E-state index is 0.0486. The number of carbonyl (C=O) groups excluding carboxylic acids is 1. The molecule has 0 aliphatic carbocycles. The fourth-order valence-electron chi connectivity index (χ4n) is 3.72. The molecule has 2 fully saturated rings. The lowest BCUT2D eigenvalue weighted by molar-refractivity contribution is 0.124. The molecule has 2 saturated heterocycles. The van der Waals surface area contributed by atoms with Gasteiger partial charge >= 0.3 is 6.03 Å². The lowest BCUT2D eigenvalue weighted by atomic mass is 10.2. The number of urea groups is 1. The number of nitrogens with one attached hydrogen (secondary N) is 1. The highest BCUT2D eigenvalue weighted by Crippen LogP contribution is 2.22. The normalized spacial score (nSPS) is 20.5. The summed E-state index contributed by atoms with van der Waals surface area (Å²) >= 11 is 6.23. The van der Waals surface area contributed by atoms with Crippen molar-refractivity contribution in [2.24, 2.45) is 0 Å². The molecule has 4 rings (SSSR count). The van der Waals surface area contributed by atoms with E-state index in [0.29, 0.717) is 23.4 Å². The second-order valence-corrected chi connectivity index (χ2v) is 7.08. The van der Waals surface area contributed by atoms with Gasteiger partial charge in [-0.15, -0.1) is 0 Å². The molecule has 1 aromatic heterocycles. The van der Waals surface area contributed by atoms with Crippen LogP contribution < -0.4 is 5.32 Å². The Morgan fingerprint density at radius 2 is 2.12 bits per heavy atom. The highest BCUT2D eigenvalue weighted by Gasteiger charge is 2.32. The fourth-order valence-corrected chi connectivity index (χ4v) is 3.91. The zero-order valence-electron chi connectivity index (χ0n) is 14.1. The molecular weight excluding hydrogens is 338 g/mol. The van der Waals surface area contributed by atoms with E-state index < -0.39 is 0 Å².